The average Bonchev–Trinajstić information content (AvgIpc) is 3.39. The first-order chi connectivity index (χ1) is 19.5. The second-order valence-corrected chi connectivity index (χ2v) is 10.6. The van der Waals surface area contributed by atoms with Crippen LogP contribution in [0.3, 0.4) is 0 Å². The summed E-state index contributed by atoms with van der Waals surface area (Å²) in [6, 6.07) is 2.83. The lowest BCUT2D eigenvalue weighted by molar-refractivity contribution is -0.137. The number of alkyl halides is 3. The highest BCUT2D eigenvalue weighted by molar-refractivity contribution is 6.33. The Kier molecular flexibility index (Phi) is 8.13. The fourth-order valence-electron chi connectivity index (χ4n) is 5.26. The molecule has 1 saturated heterocycles. The van der Waals surface area contributed by atoms with Crippen molar-refractivity contribution in [2.75, 3.05) is 36.5 Å². The highest BCUT2D eigenvalue weighted by atomic mass is 35.5. The van der Waals surface area contributed by atoms with E-state index in [1.165, 1.54) is 4.52 Å². The van der Waals surface area contributed by atoms with Crippen LogP contribution in [0.2, 0.25) is 5.02 Å². The number of ether oxygens (including phenoxy) is 1. The van der Waals surface area contributed by atoms with Crippen LogP contribution in [-0.4, -0.2) is 63.5 Å². The van der Waals surface area contributed by atoms with Crippen molar-refractivity contribution < 1.29 is 22.7 Å². The molecule has 2 aliphatic rings. The van der Waals surface area contributed by atoms with Gasteiger partial charge >= 0.3 is 6.18 Å². The molecule has 5 rings (SSSR count). The van der Waals surface area contributed by atoms with Crippen molar-refractivity contribution in [3.63, 3.8) is 0 Å². The Bertz CT molecular complexity index is 1570. The van der Waals surface area contributed by atoms with Crippen LogP contribution < -0.4 is 21.1 Å². The zero-order valence-corrected chi connectivity index (χ0v) is 23.6. The smallest absolute Gasteiger partial charge is 0.377 e. The van der Waals surface area contributed by atoms with Crippen molar-refractivity contribution in [3.8, 4) is 0 Å². The monoisotopic (exact) mass is 593 g/mol. The van der Waals surface area contributed by atoms with Gasteiger partial charge in [-0.15, -0.1) is 5.10 Å². The van der Waals surface area contributed by atoms with E-state index >= 15 is 0 Å². The van der Waals surface area contributed by atoms with E-state index < -0.39 is 17.6 Å². The van der Waals surface area contributed by atoms with Gasteiger partial charge in [-0.3, -0.25) is 9.59 Å². The van der Waals surface area contributed by atoms with E-state index in [-0.39, 0.29) is 40.7 Å². The number of carbonyl (C=O) groups is 1. The number of nitrogens with zero attached hydrogens (tertiary/aromatic N) is 5. The highest BCUT2D eigenvalue weighted by Crippen LogP contribution is 2.34. The fourth-order valence-corrected chi connectivity index (χ4v) is 5.49. The summed E-state index contributed by atoms with van der Waals surface area (Å²) in [7, 11) is 0. The lowest BCUT2D eigenvalue weighted by Gasteiger charge is -2.40. The summed E-state index contributed by atoms with van der Waals surface area (Å²) in [6.45, 7) is 7.87. The van der Waals surface area contributed by atoms with E-state index in [0.717, 1.165) is 23.8 Å². The van der Waals surface area contributed by atoms with Gasteiger partial charge < -0.3 is 24.8 Å². The molecular formula is C27H31ClF3N7O3. The van der Waals surface area contributed by atoms with Crippen LogP contribution in [0.15, 0.2) is 29.1 Å². The van der Waals surface area contributed by atoms with Crippen LogP contribution in [0.1, 0.15) is 44.3 Å². The van der Waals surface area contributed by atoms with Crippen LogP contribution in [0.25, 0.3) is 11.4 Å². The summed E-state index contributed by atoms with van der Waals surface area (Å²) in [6.07, 6.45) is -1.70. The minimum atomic E-state index is -4.57. The van der Waals surface area contributed by atoms with Crippen molar-refractivity contribution in [1.29, 1.82) is 0 Å². The third-order valence-corrected chi connectivity index (χ3v) is 7.92. The zero-order chi connectivity index (χ0) is 29.5. The van der Waals surface area contributed by atoms with Gasteiger partial charge in [-0.2, -0.15) is 22.7 Å². The van der Waals surface area contributed by atoms with Crippen molar-refractivity contribution in [2.24, 2.45) is 0 Å². The highest BCUT2D eigenvalue weighted by Gasteiger charge is 2.33. The van der Waals surface area contributed by atoms with E-state index in [1.807, 2.05) is 31.7 Å². The predicted molar refractivity (Wildman–Crippen MR) is 149 cm³/mol. The molecule has 0 bridgehead atoms. The van der Waals surface area contributed by atoms with Crippen LogP contribution in [0.4, 0.5) is 24.5 Å². The molecule has 0 unspecified atom stereocenters. The quantitative estimate of drug-likeness (QED) is 0.448. The van der Waals surface area contributed by atoms with Crippen molar-refractivity contribution in [2.45, 2.75) is 58.4 Å². The van der Waals surface area contributed by atoms with E-state index in [1.54, 1.807) is 4.57 Å². The third kappa shape index (κ3) is 5.70. The SMILES string of the molecule is CCc1c(N2CCN[C@H](C)[C@H]2C)c(=O)n2nc(C3=CCOCC3)nc2n1CC(=O)Nc1ccc(C(F)(F)F)cc1Cl. The Morgan fingerprint density at radius 3 is 2.73 bits per heavy atom. The number of anilines is 2. The molecule has 10 nitrogen and oxygen atoms in total. The Balaban J connectivity index is 1.60. The fraction of sp³-hybridized carbons (Fsp3) is 0.481. The summed E-state index contributed by atoms with van der Waals surface area (Å²) in [5.41, 5.74) is 0.690. The number of nitrogens with one attached hydrogen (secondary N) is 2. The number of carbonyl (C=O) groups excluding carboxylic acids is 1. The summed E-state index contributed by atoms with van der Waals surface area (Å²) in [4.78, 5) is 34.0. The summed E-state index contributed by atoms with van der Waals surface area (Å²) < 4.78 is 47.5. The third-order valence-electron chi connectivity index (χ3n) is 7.60. The van der Waals surface area contributed by atoms with Gasteiger partial charge in [0.1, 0.15) is 12.2 Å². The van der Waals surface area contributed by atoms with Crippen molar-refractivity contribution >= 4 is 40.2 Å². The Labute approximate surface area is 239 Å². The lowest BCUT2D eigenvalue weighted by atomic mass is 10.1. The molecule has 1 fully saturated rings. The lowest BCUT2D eigenvalue weighted by Crippen LogP contribution is -2.57. The number of fused-ring (bicyclic) bond motifs is 1. The number of hydrogen-bond acceptors (Lipinski definition) is 7. The molecule has 2 atom stereocenters. The second kappa shape index (κ2) is 11.5. The van der Waals surface area contributed by atoms with Gasteiger partial charge in [-0.05, 0) is 50.5 Å². The molecular weight excluding hydrogens is 563 g/mol. The number of amides is 1. The largest absolute Gasteiger partial charge is 0.416 e. The van der Waals surface area contributed by atoms with E-state index in [2.05, 4.69) is 20.7 Å². The predicted octanol–water partition coefficient (Wildman–Crippen LogP) is 3.75. The number of rotatable bonds is 6. The van der Waals surface area contributed by atoms with Crippen molar-refractivity contribution in [1.82, 2.24) is 24.5 Å². The van der Waals surface area contributed by atoms with E-state index in [4.69, 9.17) is 16.3 Å². The van der Waals surface area contributed by atoms with Gasteiger partial charge in [0.25, 0.3) is 5.56 Å². The van der Waals surface area contributed by atoms with Crippen LogP contribution in [0.5, 0.6) is 0 Å². The Morgan fingerprint density at radius 2 is 2.07 bits per heavy atom. The molecule has 0 radical (unpaired) electrons. The minimum Gasteiger partial charge on any atom is -0.377 e. The first kappa shape index (κ1) is 29.1. The standard InChI is InChI=1S/C27H31ClF3N7O3/c1-4-21-23(36-10-9-32-15(2)16(36)3)25(40)38-26(34-24(35-38)17-7-11-41-12-8-17)37(21)14-22(39)33-20-6-5-18(13-19(20)28)27(29,30)31/h5-7,13,15-16,32H,4,8-12,14H2,1-3H3,(H,33,39)/t15-,16-/m1/s1. The topological polar surface area (TPSA) is 106 Å². The zero-order valence-electron chi connectivity index (χ0n) is 22.9. The maximum Gasteiger partial charge on any atom is 0.416 e. The molecule has 4 heterocycles. The average molecular weight is 594 g/mol. The molecule has 0 saturated carbocycles. The molecule has 1 aromatic carbocycles. The molecule has 0 spiro atoms. The minimum absolute atomic E-state index is 0.0198. The second-order valence-electron chi connectivity index (χ2n) is 10.2. The number of benzene rings is 1. The van der Waals surface area contributed by atoms with E-state index in [0.29, 0.717) is 56.4 Å². The van der Waals surface area contributed by atoms with Gasteiger partial charge in [0.05, 0.1) is 35.2 Å². The number of piperazine rings is 1. The molecule has 220 valence electrons. The van der Waals surface area contributed by atoms with Gasteiger partial charge in [0.2, 0.25) is 11.7 Å². The number of aromatic nitrogens is 4. The van der Waals surface area contributed by atoms with Crippen LogP contribution >= 0.6 is 11.6 Å². The first-order valence-corrected chi connectivity index (χ1v) is 13.8. The summed E-state index contributed by atoms with van der Waals surface area (Å²) in [5, 5.41) is 10.3. The van der Waals surface area contributed by atoms with Crippen molar-refractivity contribution in [3.05, 3.63) is 56.7 Å². The summed E-state index contributed by atoms with van der Waals surface area (Å²) in [5.74, 6) is 0.0307. The maximum atomic E-state index is 14.0. The van der Waals surface area contributed by atoms with E-state index in [9.17, 15) is 22.8 Å². The molecule has 2 aliphatic heterocycles. The molecule has 1 amide bonds. The van der Waals surface area contributed by atoms with Gasteiger partial charge in [-0.1, -0.05) is 24.6 Å². The summed E-state index contributed by atoms with van der Waals surface area (Å²) >= 11 is 6.08. The molecule has 3 aromatic rings. The maximum absolute atomic E-state index is 14.0. The van der Waals surface area contributed by atoms with Gasteiger partial charge in [0.15, 0.2) is 5.82 Å². The first-order valence-electron chi connectivity index (χ1n) is 13.5. The van der Waals surface area contributed by atoms with Crippen LogP contribution in [0, 0.1) is 0 Å². The van der Waals surface area contributed by atoms with Crippen LogP contribution in [-0.2, 0) is 28.7 Å². The van der Waals surface area contributed by atoms with Gasteiger partial charge in [-0.25, -0.2) is 0 Å². The Hall–Kier alpha value is -3.42. The molecule has 2 N–H and O–H groups in total. The normalized spacial score (nSPS) is 19.9. The molecule has 41 heavy (non-hydrogen) atoms. The Morgan fingerprint density at radius 1 is 1.29 bits per heavy atom. The number of halogens is 4. The molecule has 2 aromatic heterocycles. The number of hydrogen-bond donors (Lipinski definition) is 2. The molecule has 14 heteroatoms. The van der Waals surface area contributed by atoms with Gasteiger partial charge in [0, 0.05) is 25.2 Å². The molecule has 0 aliphatic carbocycles.